The number of allylic oxidation sites excluding steroid dienone is 3. The van der Waals surface area contributed by atoms with Crippen molar-refractivity contribution in [3.8, 4) is 0 Å². The lowest BCUT2D eigenvalue weighted by atomic mass is 9.89. The lowest BCUT2D eigenvalue weighted by Gasteiger charge is -2.22. The largest absolute Gasteiger partial charge is 0.399 e. The van der Waals surface area contributed by atoms with Gasteiger partial charge < -0.3 is 16.2 Å². The maximum absolute atomic E-state index is 10.2. The number of nitrogens with one attached hydrogen (secondary N) is 1. The number of nitrogens with two attached hydrogens (primary N) is 1. The Morgan fingerprint density at radius 2 is 2.10 bits per heavy atom. The van der Waals surface area contributed by atoms with Crippen LogP contribution in [0.4, 0.5) is 5.69 Å². The normalized spacial score (nSPS) is 19.7. The molecule has 0 fully saturated rings. The average molecular weight is 272 g/mol. The van der Waals surface area contributed by atoms with Crippen molar-refractivity contribution in [1.29, 1.82) is 0 Å². The van der Waals surface area contributed by atoms with Crippen molar-refractivity contribution >= 4 is 5.69 Å². The summed E-state index contributed by atoms with van der Waals surface area (Å²) in [6.07, 6.45) is 7.81. The molecule has 2 rings (SSSR count). The summed E-state index contributed by atoms with van der Waals surface area (Å²) in [6.45, 7) is 3.63. The van der Waals surface area contributed by atoms with Gasteiger partial charge in [-0.3, -0.25) is 0 Å². The molecule has 2 atom stereocenters. The molecule has 0 aromatic heterocycles. The van der Waals surface area contributed by atoms with Gasteiger partial charge in [0.1, 0.15) is 0 Å². The Morgan fingerprint density at radius 3 is 2.80 bits per heavy atom. The number of aliphatic hydroxyl groups excluding tert-OH is 1. The van der Waals surface area contributed by atoms with E-state index in [1.807, 2.05) is 36.4 Å². The molecule has 0 radical (unpaired) electrons. The molecule has 0 heterocycles. The predicted molar refractivity (Wildman–Crippen MR) is 84.4 cm³/mol. The van der Waals surface area contributed by atoms with E-state index >= 15 is 0 Å². The third-order valence-electron chi connectivity index (χ3n) is 3.78. The monoisotopic (exact) mass is 272 g/mol. The fraction of sp³-hybridized carbons (Fsp3) is 0.412. The summed E-state index contributed by atoms with van der Waals surface area (Å²) in [5.74, 6) is 0.439. The molecule has 3 heteroatoms. The van der Waals surface area contributed by atoms with Gasteiger partial charge in [-0.1, -0.05) is 37.3 Å². The van der Waals surface area contributed by atoms with Gasteiger partial charge in [-0.2, -0.15) is 0 Å². The standard InChI is InChI=1S/C17H24N2O/c1-13-4-2-3-5-16(13)17(20)12-19-11-10-14-6-8-15(18)9-7-14/h2-3,5-9,13,17,19-20H,4,10-12,18H2,1H3/t13?,17-/m0/s1. The van der Waals surface area contributed by atoms with Crippen molar-refractivity contribution < 1.29 is 5.11 Å². The van der Waals surface area contributed by atoms with Gasteiger partial charge in [0.05, 0.1) is 6.10 Å². The van der Waals surface area contributed by atoms with E-state index in [0.29, 0.717) is 12.5 Å². The number of anilines is 1. The SMILES string of the molecule is CC1CC=CC=C1[C@@H](O)CNCCc1ccc(N)cc1. The van der Waals surface area contributed by atoms with Crippen LogP contribution in [0.5, 0.6) is 0 Å². The molecule has 20 heavy (non-hydrogen) atoms. The summed E-state index contributed by atoms with van der Waals surface area (Å²) in [7, 11) is 0. The fourth-order valence-electron chi connectivity index (χ4n) is 2.48. The summed E-state index contributed by atoms with van der Waals surface area (Å²) in [6, 6.07) is 7.93. The lowest BCUT2D eigenvalue weighted by Crippen LogP contribution is -2.31. The van der Waals surface area contributed by atoms with Crippen LogP contribution in [0.2, 0.25) is 0 Å². The van der Waals surface area contributed by atoms with E-state index < -0.39 is 0 Å². The summed E-state index contributed by atoms with van der Waals surface area (Å²) in [4.78, 5) is 0. The molecule has 1 aromatic carbocycles. The van der Waals surface area contributed by atoms with Crippen molar-refractivity contribution in [2.45, 2.75) is 25.9 Å². The first-order valence-corrected chi connectivity index (χ1v) is 7.26. The zero-order valence-electron chi connectivity index (χ0n) is 12.0. The van der Waals surface area contributed by atoms with E-state index in [1.165, 1.54) is 5.56 Å². The maximum atomic E-state index is 10.2. The minimum atomic E-state index is -0.388. The van der Waals surface area contributed by atoms with E-state index in [4.69, 9.17) is 5.73 Å². The Labute approximate surface area is 121 Å². The van der Waals surface area contributed by atoms with E-state index in [9.17, 15) is 5.11 Å². The van der Waals surface area contributed by atoms with Gasteiger partial charge in [0.15, 0.2) is 0 Å². The second-order valence-corrected chi connectivity index (χ2v) is 5.44. The summed E-state index contributed by atoms with van der Waals surface area (Å²) in [5.41, 5.74) is 8.84. The van der Waals surface area contributed by atoms with Crippen molar-refractivity contribution in [3.05, 3.63) is 53.6 Å². The number of hydrogen-bond acceptors (Lipinski definition) is 3. The van der Waals surface area contributed by atoms with Crippen LogP contribution in [-0.4, -0.2) is 24.3 Å². The van der Waals surface area contributed by atoms with E-state index in [1.54, 1.807) is 0 Å². The minimum Gasteiger partial charge on any atom is -0.399 e. The Balaban J connectivity index is 1.71. The summed E-state index contributed by atoms with van der Waals surface area (Å²) >= 11 is 0. The van der Waals surface area contributed by atoms with Crippen LogP contribution in [-0.2, 0) is 6.42 Å². The van der Waals surface area contributed by atoms with Crippen LogP contribution in [0.1, 0.15) is 18.9 Å². The fourth-order valence-corrected chi connectivity index (χ4v) is 2.48. The Morgan fingerprint density at radius 1 is 1.35 bits per heavy atom. The first-order valence-electron chi connectivity index (χ1n) is 7.26. The second-order valence-electron chi connectivity index (χ2n) is 5.44. The van der Waals surface area contributed by atoms with Crippen molar-refractivity contribution in [3.63, 3.8) is 0 Å². The number of benzene rings is 1. The molecule has 1 aliphatic carbocycles. The highest BCUT2D eigenvalue weighted by atomic mass is 16.3. The maximum Gasteiger partial charge on any atom is 0.0880 e. The van der Waals surface area contributed by atoms with Gasteiger partial charge in [0, 0.05) is 12.2 Å². The quantitative estimate of drug-likeness (QED) is 0.550. The van der Waals surface area contributed by atoms with Crippen LogP contribution in [0.25, 0.3) is 0 Å². The first-order chi connectivity index (χ1) is 9.66. The zero-order chi connectivity index (χ0) is 14.4. The highest BCUT2D eigenvalue weighted by molar-refractivity contribution is 5.39. The van der Waals surface area contributed by atoms with E-state index in [0.717, 1.165) is 30.6 Å². The van der Waals surface area contributed by atoms with Crippen LogP contribution in [0.15, 0.2) is 48.1 Å². The highest BCUT2D eigenvalue weighted by Crippen LogP contribution is 2.22. The molecular formula is C17H24N2O. The summed E-state index contributed by atoms with van der Waals surface area (Å²) in [5, 5.41) is 13.5. The number of rotatable bonds is 6. The average Bonchev–Trinajstić information content (AvgIpc) is 2.46. The van der Waals surface area contributed by atoms with E-state index in [2.05, 4.69) is 18.3 Å². The molecule has 1 aliphatic rings. The van der Waals surface area contributed by atoms with Crippen LogP contribution in [0.3, 0.4) is 0 Å². The number of aliphatic hydroxyl groups is 1. The van der Waals surface area contributed by atoms with Crippen LogP contribution >= 0.6 is 0 Å². The van der Waals surface area contributed by atoms with Gasteiger partial charge in [-0.25, -0.2) is 0 Å². The van der Waals surface area contributed by atoms with Gasteiger partial charge in [-0.05, 0) is 48.6 Å². The van der Waals surface area contributed by atoms with Crippen LogP contribution in [0, 0.1) is 5.92 Å². The number of hydrogen-bond donors (Lipinski definition) is 3. The predicted octanol–water partition coefficient (Wildman–Crippen LogP) is 2.28. The molecule has 0 saturated heterocycles. The van der Waals surface area contributed by atoms with Crippen molar-refractivity contribution in [2.24, 2.45) is 5.92 Å². The van der Waals surface area contributed by atoms with Crippen molar-refractivity contribution in [1.82, 2.24) is 5.32 Å². The molecule has 0 amide bonds. The molecule has 108 valence electrons. The third-order valence-corrected chi connectivity index (χ3v) is 3.78. The molecule has 0 saturated carbocycles. The zero-order valence-corrected chi connectivity index (χ0v) is 12.0. The Hall–Kier alpha value is -1.58. The molecule has 4 N–H and O–H groups in total. The molecule has 1 aromatic rings. The topological polar surface area (TPSA) is 58.3 Å². The molecule has 0 aliphatic heterocycles. The Bertz CT molecular complexity index is 476. The highest BCUT2D eigenvalue weighted by Gasteiger charge is 2.17. The van der Waals surface area contributed by atoms with E-state index in [-0.39, 0.29) is 6.10 Å². The van der Waals surface area contributed by atoms with Gasteiger partial charge >= 0.3 is 0 Å². The number of nitrogen functional groups attached to an aromatic ring is 1. The molecule has 1 unspecified atom stereocenters. The lowest BCUT2D eigenvalue weighted by molar-refractivity contribution is 0.194. The summed E-state index contributed by atoms with van der Waals surface area (Å²) < 4.78 is 0. The molecule has 0 spiro atoms. The van der Waals surface area contributed by atoms with Gasteiger partial charge in [0.25, 0.3) is 0 Å². The minimum absolute atomic E-state index is 0.388. The first kappa shape index (κ1) is 14.8. The van der Waals surface area contributed by atoms with Gasteiger partial charge in [0.2, 0.25) is 0 Å². The molecule has 3 nitrogen and oxygen atoms in total. The molecular weight excluding hydrogens is 248 g/mol. The van der Waals surface area contributed by atoms with Crippen molar-refractivity contribution in [2.75, 3.05) is 18.8 Å². The third kappa shape index (κ3) is 4.22. The second kappa shape index (κ2) is 7.27. The molecule has 0 bridgehead atoms. The van der Waals surface area contributed by atoms with Gasteiger partial charge in [-0.15, -0.1) is 0 Å². The Kier molecular flexibility index (Phi) is 5.39. The smallest absolute Gasteiger partial charge is 0.0880 e. The van der Waals surface area contributed by atoms with Crippen LogP contribution < -0.4 is 11.1 Å².